The van der Waals surface area contributed by atoms with Gasteiger partial charge < -0.3 is 14.8 Å². The highest BCUT2D eigenvalue weighted by atomic mass is 15.3. The zero-order valence-electron chi connectivity index (χ0n) is 34.5. The molecule has 0 saturated carbocycles. The summed E-state index contributed by atoms with van der Waals surface area (Å²) >= 11 is 0. The molecule has 4 aromatic carbocycles. The number of anilines is 1. The molecule has 0 fully saturated rings. The lowest BCUT2D eigenvalue weighted by molar-refractivity contribution is 0.438. The van der Waals surface area contributed by atoms with E-state index in [1.54, 1.807) is 0 Å². The van der Waals surface area contributed by atoms with Crippen LogP contribution in [0.4, 0.5) is 5.69 Å². The number of benzene rings is 4. The van der Waals surface area contributed by atoms with Gasteiger partial charge in [0, 0.05) is 62.8 Å². The number of para-hydroxylation sites is 1. The van der Waals surface area contributed by atoms with Crippen LogP contribution in [0.1, 0.15) is 69.9 Å². The van der Waals surface area contributed by atoms with Crippen molar-refractivity contribution in [1.82, 2.24) is 15.2 Å². The number of nitrogens with zero attached hydrogens (tertiary/aromatic N) is 3. The summed E-state index contributed by atoms with van der Waals surface area (Å²) in [6.07, 6.45) is 38.2. The Balaban J connectivity index is 0.866. The smallest absolute Gasteiger partial charge is 0.131 e. The number of rotatable bonds is 5. The zero-order chi connectivity index (χ0) is 40.7. The van der Waals surface area contributed by atoms with Crippen molar-refractivity contribution in [2.45, 2.75) is 49.5 Å². The molecule has 0 saturated heterocycles. The van der Waals surface area contributed by atoms with Crippen molar-refractivity contribution in [3.8, 4) is 5.69 Å². The number of aromatic nitrogens is 1. The molecule has 5 nitrogen and oxygen atoms in total. The molecule has 6 aliphatic carbocycles. The van der Waals surface area contributed by atoms with E-state index >= 15 is 0 Å². The van der Waals surface area contributed by atoms with Gasteiger partial charge >= 0.3 is 0 Å². The van der Waals surface area contributed by atoms with Gasteiger partial charge in [0.05, 0.1) is 11.4 Å². The van der Waals surface area contributed by atoms with Gasteiger partial charge in [-0.3, -0.25) is 5.32 Å². The summed E-state index contributed by atoms with van der Waals surface area (Å²) in [7, 11) is 0. The fourth-order valence-electron chi connectivity index (χ4n) is 11.4. The molecule has 5 aromatic rings. The van der Waals surface area contributed by atoms with Crippen LogP contribution < -0.4 is 26.1 Å². The van der Waals surface area contributed by atoms with Crippen LogP contribution >= 0.6 is 0 Å². The molecule has 1 aromatic heterocycles. The van der Waals surface area contributed by atoms with Crippen molar-refractivity contribution in [2.75, 3.05) is 4.90 Å². The topological polar surface area (TPSA) is 44.6 Å². The summed E-state index contributed by atoms with van der Waals surface area (Å²) in [5.74, 6) is 2.26. The number of allylic oxidation sites excluding steroid dienone is 10. The highest BCUT2D eigenvalue weighted by molar-refractivity contribution is 5.99. The van der Waals surface area contributed by atoms with E-state index in [1.807, 2.05) is 0 Å². The van der Waals surface area contributed by atoms with Gasteiger partial charge in [-0.1, -0.05) is 164 Å². The second-order valence-corrected chi connectivity index (χ2v) is 17.8. The highest BCUT2D eigenvalue weighted by Crippen LogP contribution is 2.48. The monoisotopic (exact) mass is 801 g/mol. The summed E-state index contributed by atoms with van der Waals surface area (Å²) in [4.78, 5) is 7.99. The van der Waals surface area contributed by atoms with E-state index in [0.29, 0.717) is 29.7 Å². The van der Waals surface area contributed by atoms with E-state index in [0.717, 1.165) is 36.2 Å². The molecule has 7 unspecified atom stereocenters. The van der Waals surface area contributed by atoms with Crippen molar-refractivity contribution in [2.24, 2.45) is 16.8 Å². The maximum Gasteiger partial charge on any atom is 0.131 e. The minimum absolute atomic E-state index is 0.113. The Morgan fingerprint density at radius 2 is 1.58 bits per heavy atom. The minimum Gasteiger partial charge on any atom is -0.350 e. The van der Waals surface area contributed by atoms with E-state index in [9.17, 15) is 0 Å². The highest BCUT2D eigenvalue weighted by Gasteiger charge is 2.39. The maximum atomic E-state index is 5.38. The lowest BCUT2D eigenvalue weighted by Crippen LogP contribution is -2.52. The zero-order valence-corrected chi connectivity index (χ0v) is 34.5. The number of amidine groups is 1. The van der Waals surface area contributed by atoms with Crippen LogP contribution in [0.2, 0.25) is 0 Å². The van der Waals surface area contributed by atoms with Crippen molar-refractivity contribution in [1.29, 1.82) is 0 Å². The van der Waals surface area contributed by atoms with E-state index in [2.05, 4.69) is 214 Å². The van der Waals surface area contributed by atoms with E-state index in [-0.39, 0.29) is 12.3 Å². The van der Waals surface area contributed by atoms with Crippen LogP contribution in [0.5, 0.6) is 0 Å². The maximum absolute atomic E-state index is 5.38. The Kier molecular flexibility index (Phi) is 8.26. The van der Waals surface area contributed by atoms with Crippen LogP contribution in [0.25, 0.3) is 30.0 Å². The summed E-state index contributed by atoms with van der Waals surface area (Å²) < 4.78 is 2.55. The lowest BCUT2D eigenvalue weighted by Gasteiger charge is -2.36. The van der Waals surface area contributed by atoms with E-state index in [1.165, 1.54) is 66.7 Å². The molecule has 62 heavy (non-hydrogen) atoms. The Labute approximate surface area is 362 Å². The Morgan fingerprint density at radius 1 is 0.710 bits per heavy atom. The molecule has 300 valence electrons. The predicted molar refractivity (Wildman–Crippen MR) is 254 cm³/mol. The quantitative estimate of drug-likeness (QED) is 0.186. The SMILES string of the molecule is C1=CC2c3ccccc3N(C3=CC=C4C=c5c(c6c(n5-c5cccc(C7N=C(c8ccccc8)NC(C8=CC9C=Cc%10ccccc%10C9C=C8)N7)c5)CCC=C6)=CC4C3)C2C=C1. The van der Waals surface area contributed by atoms with Gasteiger partial charge in [-0.2, -0.15) is 0 Å². The van der Waals surface area contributed by atoms with Crippen LogP contribution in [0.3, 0.4) is 0 Å². The average molecular weight is 802 g/mol. The largest absolute Gasteiger partial charge is 0.350 e. The predicted octanol–water partition coefficient (Wildman–Crippen LogP) is 9.83. The fraction of sp³-hybridized carbons (Fsp3) is 0.175. The van der Waals surface area contributed by atoms with Crippen LogP contribution in [-0.4, -0.2) is 22.6 Å². The molecular weight excluding hydrogens is 755 g/mol. The van der Waals surface area contributed by atoms with Crippen molar-refractivity contribution in [3.05, 3.63) is 236 Å². The molecule has 0 radical (unpaired) electrons. The summed E-state index contributed by atoms with van der Waals surface area (Å²) in [6.45, 7) is 0. The molecule has 13 rings (SSSR count). The molecule has 8 aliphatic rings. The average Bonchev–Trinajstić information content (AvgIpc) is 3.85. The van der Waals surface area contributed by atoms with Gasteiger partial charge in [0.15, 0.2) is 0 Å². The number of fused-ring (bicyclic) bond motifs is 10. The summed E-state index contributed by atoms with van der Waals surface area (Å²) in [5, 5.41) is 10.4. The first-order chi connectivity index (χ1) is 30.7. The van der Waals surface area contributed by atoms with Crippen molar-refractivity contribution >= 4 is 35.8 Å². The van der Waals surface area contributed by atoms with Crippen LogP contribution in [0, 0.1) is 11.8 Å². The second-order valence-electron chi connectivity index (χ2n) is 17.8. The summed E-state index contributed by atoms with van der Waals surface area (Å²) in [5.41, 5.74) is 15.7. The molecular formula is C57H47N5. The van der Waals surface area contributed by atoms with Crippen LogP contribution in [0.15, 0.2) is 192 Å². The third-order valence-corrected chi connectivity index (χ3v) is 14.3. The standard InChI is InChI=1S/C57H47N5/c1-2-14-37(15-3-1)55-58-56(60-57(59-55)41-28-30-46-39(31-41)26-25-36-13-4-5-18-45(36)46)40-16-12-17-43(32-40)62-53-24-11-8-21-49(53)50-34-42-33-44(29-27-38(42)35-54(50)62)61-51-22-9-6-19-47(51)48-20-7-10-23-52(48)61/h1-10,12-23,25-32,34-35,39,42,46-47,51,56-57,60H,11,24,33H2,(H,58,59). The third-order valence-electron chi connectivity index (χ3n) is 14.3. The molecule has 0 bridgehead atoms. The van der Waals surface area contributed by atoms with Gasteiger partial charge in [0.25, 0.3) is 0 Å². The van der Waals surface area contributed by atoms with E-state index in [4.69, 9.17) is 4.99 Å². The first kappa shape index (κ1) is 35.8. The third kappa shape index (κ3) is 5.75. The Morgan fingerprint density at radius 3 is 2.53 bits per heavy atom. The number of hydrogen-bond acceptors (Lipinski definition) is 4. The van der Waals surface area contributed by atoms with Crippen LogP contribution in [-0.2, 0) is 6.42 Å². The Bertz CT molecular complexity index is 3110. The molecule has 0 spiro atoms. The molecule has 5 heteroatoms. The first-order valence-corrected chi connectivity index (χ1v) is 22.4. The summed E-state index contributed by atoms with van der Waals surface area (Å²) in [6, 6.07) is 37.8. The van der Waals surface area contributed by atoms with Crippen molar-refractivity contribution in [3.63, 3.8) is 0 Å². The number of hydrogen-bond donors (Lipinski definition) is 2. The normalized spacial score (nSPS) is 26.7. The molecule has 7 atom stereocenters. The molecule has 0 amide bonds. The molecule has 2 N–H and O–H groups in total. The first-order valence-electron chi connectivity index (χ1n) is 22.4. The van der Waals surface area contributed by atoms with E-state index < -0.39 is 0 Å². The number of aliphatic imine (C=N–C) groups is 1. The van der Waals surface area contributed by atoms with Gasteiger partial charge in [-0.05, 0) is 83.0 Å². The lowest BCUT2D eigenvalue weighted by atomic mass is 9.75. The molecule has 2 aliphatic heterocycles. The minimum atomic E-state index is -0.248. The Hall–Kier alpha value is -6.95. The van der Waals surface area contributed by atoms with Gasteiger partial charge in [-0.15, -0.1) is 0 Å². The molecule has 3 heterocycles. The van der Waals surface area contributed by atoms with Crippen molar-refractivity contribution < 1.29 is 0 Å². The van der Waals surface area contributed by atoms with Gasteiger partial charge in [0.2, 0.25) is 0 Å². The van der Waals surface area contributed by atoms with Gasteiger partial charge in [-0.25, -0.2) is 4.99 Å². The van der Waals surface area contributed by atoms with Gasteiger partial charge in [0.1, 0.15) is 18.2 Å². The number of nitrogens with one attached hydrogen (secondary N) is 2. The second kappa shape index (κ2) is 14.3. The fourth-order valence-corrected chi connectivity index (χ4v) is 11.4.